The SMILES string of the molecule is C\C=C/C(C)=C\C=C\C1=NC(C)(c2ccccc2)ON1. The number of hydrogen-bond donors (Lipinski definition) is 1. The molecule has 0 bridgehead atoms. The number of aliphatic imine (C=N–C) groups is 1. The van der Waals surface area contributed by atoms with E-state index in [-0.39, 0.29) is 0 Å². The zero-order valence-corrected chi connectivity index (χ0v) is 12.1. The molecule has 0 fully saturated rings. The molecular formula is C17H20N2O. The highest BCUT2D eigenvalue weighted by Crippen LogP contribution is 2.28. The van der Waals surface area contributed by atoms with Crippen LogP contribution in [0.25, 0.3) is 0 Å². The second-order valence-corrected chi connectivity index (χ2v) is 4.82. The molecule has 0 spiro atoms. The Hall–Kier alpha value is -2.13. The van der Waals surface area contributed by atoms with Gasteiger partial charge in [0.15, 0.2) is 0 Å². The van der Waals surface area contributed by atoms with Crippen LogP contribution in [0.2, 0.25) is 0 Å². The van der Waals surface area contributed by atoms with E-state index in [1.807, 2.05) is 68.5 Å². The smallest absolute Gasteiger partial charge is 0.210 e. The maximum absolute atomic E-state index is 5.60. The summed E-state index contributed by atoms with van der Waals surface area (Å²) in [6.45, 7) is 6.00. The van der Waals surface area contributed by atoms with Crippen molar-refractivity contribution < 1.29 is 4.84 Å². The van der Waals surface area contributed by atoms with Crippen LogP contribution in [0.5, 0.6) is 0 Å². The van der Waals surface area contributed by atoms with Crippen molar-refractivity contribution in [2.75, 3.05) is 0 Å². The van der Waals surface area contributed by atoms with Crippen LogP contribution in [0.15, 0.2) is 71.3 Å². The van der Waals surface area contributed by atoms with Crippen LogP contribution in [0, 0.1) is 0 Å². The molecule has 0 radical (unpaired) electrons. The number of nitrogens with zero attached hydrogens (tertiary/aromatic N) is 1. The molecule has 0 aromatic heterocycles. The van der Waals surface area contributed by atoms with Gasteiger partial charge in [0.2, 0.25) is 5.72 Å². The third-order valence-corrected chi connectivity index (χ3v) is 3.04. The molecule has 1 N–H and O–H groups in total. The highest BCUT2D eigenvalue weighted by atomic mass is 16.7. The van der Waals surface area contributed by atoms with Crippen LogP contribution in [0.1, 0.15) is 26.3 Å². The van der Waals surface area contributed by atoms with Gasteiger partial charge in [-0.15, -0.1) is 0 Å². The fraction of sp³-hybridized carbons (Fsp3) is 0.235. The minimum atomic E-state index is -0.664. The summed E-state index contributed by atoms with van der Waals surface area (Å²) in [5, 5.41) is 0. The first-order valence-corrected chi connectivity index (χ1v) is 6.71. The van der Waals surface area contributed by atoms with Crippen LogP contribution >= 0.6 is 0 Å². The molecule has 1 unspecified atom stereocenters. The number of hydrogen-bond acceptors (Lipinski definition) is 3. The molecular weight excluding hydrogens is 248 g/mol. The second kappa shape index (κ2) is 6.35. The molecule has 1 aromatic rings. The molecule has 3 nitrogen and oxygen atoms in total. The summed E-state index contributed by atoms with van der Waals surface area (Å²) in [6, 6.07) is 9.96. The highest BCUT2D eigenvalue weighted by molar-refractivity contribution is 5.93. The molecule has 1 atom stereocenters. The molecule has 0 amide bonds. The lowest BCUT2D eigenvalue weighted by molar-refractivity contribution is -0.0452. The topological polar surface area (TPSA) is 33.6 Å². The average molecular weight is 268 g/mol. The summed E-state index contributed by atoms with van der Waals surface area (Å²) in [5.74, 6) is 0.723. The lowest BCUT2D eigenvalue weighted by Crippen LogP contribution is -2.23. The summed E-state index contributed by atoms with van der Waals surface area (Å²) >= 11 is 0. The summed E-state index contributed by atoms with van der Waals surface area (Å²) in [7, 11) is 0. The van der Waals surface area contributed by atoms with Gasteiger partial charge < -0.3 is 0 Å². The predicted molar refractivity (Wildman–Crippen MR) is 83.2 cm³/mol. The number of allylic oxidation sites excluding steroid dienone is 5. The van der Waals surface area contributed by atoms with Gasteiger partial charge in [0.05, 0.1) is 0 Å². The van der Waals surface area contributed by atoms with Crippen molar-refractivity contribution in [3.8, 4) is 0 Å². The first-order valence-electron chi connectivity index (χ1n) is 6.71. The van der Waals surface area contributed by atoms with E-state index in [0.717, 1.165) is 11.4 Å². The molecule has 0 saturated heterocycles. The van der Waals surface area contributed by atoms with Gasteiger partial charge in [-0.25, -0.2) is 15.3 Å². The fourth-order valence-electron chi connectivity index (χ4n) is 1.98. The zero-order valence-electron chi connectivity index (χ0n) is 12.1. The van der Waals surface area contributed by atoms with Crippen LogP contribution in [0.4, 0.5) is 0 Å². The minimum Gasteiger partial charge on any atom is -0.246 e. The van der Waals surface area contributed by atoms with Gasteiger partial charge in [-0.1, -0.05) is 60.2 Å². The van der Waals surface area contributed by atoms with Crippen LogP contribution < -0.4 is 5.48 Å². The maximum atomic E-state index is 5.60. The standard InChI is InChI=1S/C17H20N2O/c1-4-9-14(2)10-8-13-16-18-17(3,20-19-16)15-11-6-5-7-12-15/h4-13H,1-3H3,(H,18,19)/b9-4-,13-8+,14-10-. The van der Waals surface area contributed by atoms with E-state index in [9.17, 15) is 0 Å². The lowest BCUT2D eigenvalue weighted by Gasteiger charge is -2.18. The summed E-state index contributed by atoms with van der Waals surface area (Å²) in [4.78, 5) is 10.2. The maximum Gasteiger partial charge on any atom is 0.210 e. The van der Waals surface area contributed by atoms with Gasteiger partial charge in [0.25, 0.3) is 0 Å². The van der Waals surface area contributed by atoms with Crippen molar-refractivity contribution >= 4 is 5.84 Å². The van der Waals surface area contributed by atoms with Gasteiger partial charge >= 0.3 is 0 Å². The molecule has 2 rings (SSSR count). The molecule has 0 saturated carbocycles. The first-order chi connectivity index (χ1) is 9.64. The third kappa shape index (κ3) is 3.45. The van der Waals surface area contributed by atoms with E-state index in [4.69, 9.17) is 4.84 Å². The van der Waals surface area contributed by atoms with Crippen molar-refractivity contribution in [3.05, 3.63) is 71.8 Å². The minimum absolute atomic E-state index is 0.664. The van der Waals surface area contributed by atoms with Gasteiger partial charge in [-0.3, -0.25) is 0 Å². The largest absolute Gasteiger partial charge is 0.246 e. The predicted octanol–water partition coefficient (Wildman–Crippen LogP) is 3.87. The Morgan fingerprint density at radius 1 is 1.30 bits per heavy atom. The number of amidine groups is 1. The molecule has 0 aliphatic carbocycles. The van der Waals surface area contributed by atoms with E-state index in [2.05, 4.69) is 23.5 Å². The van der Waals surface area contributed by atoms with Gasteiger partial charge in [-0.05, 0) is 26.8 Å². The summed E-state index contributed by atoms with van der Waals surface area (Å²) in [6.07, 6.45) is 9.96. The third-order valence-electron chi connectivity index (χ3n) is 3.04. The van der Waals surface area contributed by atoms with E-state index in [1.54, 1.807) is 0 Å². The lowest BCUT2D eigenvalue weighted by atomic mass is 10.1. The number of nitrogens with one attached hydrogen (secondary N) is 1. The molecule has 104 valence electrons. The molecule has 1 heterocycles. The molecule has 20 heavy (non-hydrogen) atoms. The summed E-state index contributed by atoms with van der Waals surface area (Å²) in [5.41, 5.74) is 4.42. The summed E-state index contributed by atoms with van der Waals surface area (Å²) < 4.78 is 0. The van der Waals surface area contributed by atoms with Gasteiger partial charge in [0.1, 0.15) is 5.84 Å². The van der Waals surface area contributed by atoms with Crippen LogP contribution in [-0.2, 0) is 10.6 Å². The molecule has 1 aliphatic heterocycles. The van der Waals surface area contributed by atoms with Gasteiger partial charge in [-0.2, -0.15) is 0 Å². The van der Waals surface area contributed by atoms with E-state index < -0.39 is 5.72 Å². The van der Waals surface area contributed by atoms with Crippen molar-refractivity contribution in [1.82, 2.24) is 5.48 Å². The van der Waals surface area contributed by atoms with Crippen LogP contribution in [0.3, 0.4) is 0 Å². The van der Waals surface area contributed by atoms with Gasteiger partial charge in [0, 0.05) is 5.56 Å². The van der Waals surface area contributed by atoms with Crippen LogP contribution in [-0.4, -0.2) is 5.84 Å². The Balaban J connectivity index is 2.11. The van der Waals surface area contributed by atoms with E-state index in [1.165, 1.54) is 5.57 Å². The number of rotatable bonds is 4. The monoisotopic (exact) mass is 268 g/mol. The molecule has 1 aromatic carbocycles. The quantitative estimate of drug-likeness (QED) is 0.841. The van der Waals surface area contributed by atoms with Crippen molar-refractivity contribution in [2.45, 2.75) is 26.5 Å². The van der Waals surface area contributed by atoms with E-state index >= 15 is 0 Å². The normalized spacial score (nSPS) is 23.4. The Bertz CT molecular complexity index is 570. The van der Waals surface area contributed by atoms with Crippen molar-refractivity contribution in [2.24, 2.45) is 4.99 Å². The molecule has 1 aliphatic rings. The average Bonchev–Trinajstić information content (AvgIpc) is 2.83. The Kier molecular flexibility index (Phi) is 4.53. The number of benzene rings is 1. The Morgan fingerprint density at radius 2 is 2.05 bits per heavy atom. The Labute approximate surface area is 120 Å². The van der Waals surface area contributed by atoms with Crippen molar-refractivity contribution in [3.63, 3.8) is 0 Å². The highest BCUT2D eigenvalue weighted by Gasteiger charge is 2.32. The fourth-order valence-corrected chi connectivity index (χ4v) is 1.98. The Morgan fingerprint density at radius 3 is 2.75 bits per heavy atom. The van der Waals surface area contributed by atoms with E-state index in [0.29, 0.717) is 0 Å². The number of hydroxylamine groups is 1. The second-order valence-electron chi connectivity index (χ2n) is 4.82. The first kappa shape index (κ1) is 14.3. The van der Waals surface area contributed by atoms with Crippen molar-refractivity contribution in [1.29, 1.82) is 0 Å². The molecule has 3 heteroatoms. The zero-order chi connectivity index (χ0) is 14.4.